The summed E-state index contributed by atoms with van der Waals surface area (Å²) >= 11 is 0.944. The number of nitrogens with one attached hydrogen (secondary N) is 2. The smallest absolute Gasteiger partial charge is 0.286 e. The zero-order chi connectivity index (χ0) is 14.7. The van der Waals surface area contributed by atoms with E-state index in [2.05, 4.69) is 15.5 Å². The van der Waals surface area contributed by atoms with E-state index in [1.807, 2.05) is 12.2 Å². The molecule has 0 radical (unpaired) electrons. The molecule has 2 N–H and O–H groups in total. The lowest BCUT2D eigenvalue weighted by atomic mass is 10.3. The summed E-state index contributed by atoms with van der Waals surface area (Å²) in [6, 6.07) is 1.07. The number of hydrogen-bond acceptors (Lipinski definition) is 5. The predicted molar refractivity (Wildman–Crippen MR) is 68.3 cm³/mol. The van der Waals surface area contributed by atoms with Gasteiger partial charge in [-0.25, -0.2) is 13.2 Å². The molecule has 2 aromatic rings. The summed E-state index contributed by atoms with van der Waals surface area (Å²) in [5.41, 5.74) is -0.590. The third-order valence-electron chi connectivity index (χ3n) is 2.19. The molecule has 9 heteroatoms. The van der Waals surface area contributed by atoms with Crippen LogP contribution in [0.2, 0.25) is 0 Å². The van der Waals surface area contributed by atoms with Gasteiger partial charge in [-0.1, -0.05) is 11.3 Å². The van der Waals surface area contributed by atoms with Gasteiger partial charge in [0.25, 0.3) is 5.91 Å². The van der Waals surface area contributed by atoms with Crippen LogP contribution in [0.25, 0.3) is 0 Å². The maximum Gasteiger partial charge on any atom is 0.286 e. The summed E-state index contributed by atoms with van der Waals surface area (Å²) in [6.07, 6.45) is 0. The second kappa shape index (κ2) is 5.87. The molecule has 1 aromatic heterocycles. The molecule has 0 unspecified atom stereocenters. The Morgan fingerprint density at radius 2 is 2.05 bits per heavy atom. The van der Waals surface area contributed by atoms with Gasteiger partial charge in [-0.2, -0.15) is 0 Å². The summed E-state index contributed by atoms with van der Waals surface area (Å²) in [5, 5.41) is 12.5. The van der Waals surface area contributed by atoms with Crippen molar-refractivity contribution in [2.45, 2.75) is 6.92 Å². The Balaban J connectivity index is 2.18. The van der Waals surface area contributed by atoms with Gasteiger partial charge in [-0.05, 0) is 6.92 Å². The highest BCUT2D eigenvalue weighted by Gasteiger charge is 2.17. The van der Waals surface area contributed by atoms with E-state index in [0.717, 1.165) is 11.3 Å². The predicted octanol–water partition coefficient (Wildman–Crippen LogP) is 2.64. The zero-order valence-electron chi connectivity index (χ0n) is 10.2. The van der Waals surface area contributed by atoms with Gasteiger partial charge in [-0.15, -0.1) is 10.2 Å². The average Bonchev–Trinajstić information content (AvgIpc) is 2.84. The van der Waals surface area contributed by atoms with Gasteiger partial charge in [0.15, 0.2) is 11.6 Å². The van der Waals surface area contributed by atoms with E-state index in [1.165, 1.54) is 0 Å². The number of hydrogen-bond donors (Lipinski definition) is 2. The maximum atomic E-state index is 13.4. The third kappa shape index (κ3) is 3.05. The molecule has 0 atom stereocenters. The number of anilines is 2. The van der Waals surface area contributed by atoms with Crippen LogP contribution in [0.15, 0.2) is 12.1 Å². The molecule has 0 fully saturated rings. The molecule has 1 heterocycles. The first-order valence-electron chi connectivity index (χ1n) is 5.54. The summed E-state index contributed by atoms with van der Waals surface area (Å²) in [5.74, 6) is -4.51. The normalized spacial score (nSPS) is 10.4. The quantitative estimate of drug-likeness (QED) is 0.852. The van der Waals surface area contributed by atoms with E-state index in [4.69, 9.17) is 0 Å². The Morgan fingerprint density at radius 3 is 2.75 bits per heavy atom. The van der Waals surface area contributed by atoms with Crippen molar-refractivity contribution in [3.8, 4) is 0 Å². The average molecular weight is 302 g/mol. The SMILES string of the molecule is CCNc1nnc(C(=O)Nc2cc(F)cc(F)c2F)s1. The lowest BCUT2D eigenvalue weighted by Gasteiger charge is -2.05. The minimum absolute atomic E-state index is 0.0509. The van der Waals surface area contributed by atoms with Crippen molar-refractivity contribution in [2.24, 2.45) is 0 Å². The number of carbonyl (C=O) groups excluding carboxylic acids is 1. The van der Waals surface area contributed by atoms with Gasteiger partial charge in [0, 0.05) is 18.7 Å². The largest absolute Gasteiger partial charge is 0.360 e. The molecule has 0 aliphatic heterocycles. The fraction of sp³-hybridized carbons (Fsp3) is 0.182. The third-order valence-corrected chi connectivity index (χ3v) is 3.07. The summed E-state index contributed by atoms with van der Waals surface area (Å²) in [4.78, 5) is 11.8. The molecule has 0 saturated heterocycles. The highest BCUT2D eigenvalue weighted by atomic mass is 32.1. The van der Waals surface area contributed by atoms with Crippen molar-refractivity contribution in [3.63, 3.8) is 0 Å². The van der Waals surface area contributed by atoms with Crippen LogP contribution in [0.3, 0.4) is 0 Å². The fourth-order valence-electron chi connectivity index (χ4n) is 1.36. The summed E-state index contributed by atoms with van der Waals surface area (Å²) < 4.78 is 39.4. The van der Waals surface area contributed by atoms with Crippen LogP contribution in [-0.4, -0.2) is 22.6 Å². The molecule has 1 aromatic carbocycles. The standard InChI is InChI=1S/C11H9F3N4OS/c1-2-15-11-18-17-10(20-11)9(19)16-7-4-5(12)3-6(13)8(7)14/h3-4H,2H2,1H3,(H,15,18)(H,16,19). The monoisotopic (exact) mass is 302 g/mol. The van der Waals surface area contributed by atoms with Crippen LogP contribution in [0.1, 0.15) is 16.7 Å². The molecule has 1 amide bonds. The van der Waals surface area contributed by atoms with Crippen LogP contribution in [0.4, 0.5) is 24.0 Å². The van der Waals surface area contributed by atoms with E-state index in [9.17, 15) is 18.0 Å². The lowest BCUT2D eigenvalue weighted by molar-refractivity contribution is 0.102. The minimum atomic E-state index is -1.38. The number of benzene rings is 1. The van der Waals surface area contributed by atoms with Crippen molar-refractivity contribution in [1.82, 2.24) is 10.2 Å². The Kier molecular flexibility index (Phi) is 4.18. The van der Waals surface area contributed by atoms with Crippen molar-refractivity contribution >= 4 is 28.1 Å². The second-order valence-corrected chi connectivity index (χ2v) is 4.62. The summed E-state index contributed by atoms with van der Waals surface area (Å²) in [6.45, 7) is 2.44. The van der Waals surface area contributed by atoms with Gasteiger partial charge < -0.3 is 10.6 Å². The molecular formula is C11H9F3N4OS. The minimum Gasteiger partial charge on any atom is -0.360 e. The molecule has 0 aliphatic rings. The molecule has 106 valence electrons. The zero-order valence-corrected chi connectivity index (χ0v) is 11.0. The number of halogens is 3. The number of amides is 1. The Morgan fingerprint density at radius 1 is 1.30 bits per heavy atom. The van der Waals surface area contributed by atoms with Gasteiger partial charge in [-0.3, -0.25) is 4.79 Å². The van der Waals surface area contributed by atoms with E-state index < -0.39 is 29.0 Å². The maximum absolute atomic E-state index is 13.4. The van der Waals surface area contributed by atoms with Crippen molar-refractivity contribution in [1.29, 1.82) is 0 Å². The topological polar surface area (TPSA) is 66.9 Å². The van der Waals surface area contributed by atoms with Crippen molar-refractivity contribution < 1.29 is 18.0 Å². The molecule has 20 heavy (non-hydrogen) atoms. The fourth-order valence-corrected chi connectivity index (χ4v) is 2.07. The van der Waals surface area contributed by atoms with Gasteiger partial charge in [0.1, 0.15) is 5.82 Å². The molecule has 0 aliphatic carbocycles. The lowest BCUT2D eigenvalue weighted by Crippen LogP contribution is -2.13. The highest BCUT2D eigenvalue weighted by Crippen LogP contribution is 2.21. The van der Waals surface area contributed by atoms with Crippen LogP contribution >= 0.6 is 11.3 Å². The van der Waals surface area contributed by atoms with E-state index in [1.54, 1.807) is 0 Å². The first-order valence-corrected chi connectivity index (χ1v) is 6.36. The van der Waals surface area contributed by atoms with Crippen LogP contribution < -0.4 is 10.6 Å². The number of nitrogens with zero attached hydrogens (tertiary/aromatic N) is 2. The number of carbonyl (C=O) groups is 1. The first kappa shape index (κ1) is 14.3. The number of aromatic nitrogens is 2. The Bertz CT molecular complexity index is 647. The van der Waals surface area contributed by atoms with Crippen molar-refractivity contribution in [2.75, 3.05) is 17.2 Å². The Labute approximate surface area is 115 Å². The van der Waals surface area contributed by atoms with Crippen LogP contribution in [-0.2, 0) is 0 Å². The van der Waals surface area contributed by atoms with E-state index in [0.29, 0.717) is 23.8 Å². The van der Waals surface area contributed by atoms with E-state index >= 15 is 0 Å². The molecule has 0 saturated carbocycles. The summed E-state index contributed by atoms with van der Waals surface area (Å²) in [7, 11) is 0. The second-order valence-electron chi connectivity index (χ2n) is 3.65. The van der Waals surface area contributed by atoms with Gasteiger partial charge in [0.05, 0.1) is 5.69 Å². The van der Waals surface area contributed by atoms with Crippen molar-refractivity contribution in [3.05, 3.63) is 34.6 Å². The van der Waals surface area contributed by atoms with E-state index in [-0.39, 0.29) is 5.01 Å². The van der Waals surface area contributed by atoms with Gasteiger partial charge in [0.2, 0.25) is 10.1 Å². The first-order chi connectivity index (χ1) is 9.51. The van der Waals surface area contributed by atoms with Crippen LogP contribution in [0.5, 0.6) is 0 Å². The highest BCUT2D eigenvalue weighted by molar-refractivity contribution is 7.17. The Hall–Kier alpha value is -2.16. The molecule has 5 nitrogen and oxygen atoms in total. The molecule has 0 bridgehead atoms. The molecule has 2 rings (SSSR count). The molecule has 0 spiro atoms. The number of rotatable bonds is 4. The van der Waals surface area contributed by atoms with Crippen LogP contribution in [0, 0.1) is 17.5 Å². The molecular weight excluding hydrogens is 293 g/mol. The van der Waals surface area contributed by atoms with Gasteiger partial charge >= 0.3 is 0 Å².